The Kier molecular flexibility index (Phi) is 21.5. The van der Waals surface area contributed by atoms with Gasteiger partial charge < -0.3 is 55.3 Å². The van der Waals surface area contributed by atoms with Crippen LogP contribution in [0.5, 0.6) is 17.2 Å². The highest BCUT2D eigenvalue weighted by Crippen LogP contribution is 2.44. The zero-order valence-corrected chi connectivity index (χ0v) is 61.8. The third-order valence-electron chi connectivity index (χ3n) is 23.8. The summed E-state index contributed by atoms with van der Waals surface area (Å²) in [6.07, 6.45) is 4.82. The number of aliphatic hydroxyl groups is 1. The van der Waals surface area contributed by atoms with Crippen LogP contribution >= 0.6 is 0 Å². The lowest BCUT2D eigenvalue weighted by Gasteiger charge is -2.41. The van der Waals surface area contributed by atoms with Crippen LogP contribution in [0.15, 0.2) is 127 Å². The summed E-state index contributed by atoms with van der Waals surface area (Å²) in [4.78, 5) is 116. The van der Waals surface area contributed by atoms with Gasteiger partial charge in [-0.15, -0.1) is 0 Å². The summed E-state index contributed by atoms with van der Waals surface area (Å²) in [6.45, 7) is 12.0. The van der Waals surface area contributed by atoms with Crippen LogP contribution in [0.1, 0.15) is 166 Å². The lowest BCUT2D eigenvalue weighted by atomic mass is 9.94. The van der Waals surface area contributed by atoms with E-state index in [1.54, 1.807) is 39.0 Å². The average molecular weight is 1490 g/mol. The number of hydrogen-bond donors (Lipinski definition) is 7. The van der Waals surface area contributed by atoms with Gasteiger partial charge in [0.05, 0.1) is 0 Å². The second kappa shape index (κ2) is 31.9. The Morgan fingerprint density at radius 1 is 0.486 bits per heavy atom. The van der Waals surface area contributed by atoms with Crippen molar-refractivity contribution in [1.82, 2.24) is 61.3 Å². The number of carbonyl (C=O) groups excluding carboxylic acids is 8. The van der Waals surface area contributed by atoms with Crippen molar-refractivity contribution in [1.29, 1.82) is 0 Å². The molecule has 16 rings (SSSR count). The van der Waals surface area contributed by atoms with Gasteiger partial charge in [0.25, 0.3) is 17.7 Å². The quantitative estimate of drug-likeness (QED) is 0.0300. The number of nitrogens with one attached hydrogen (secondary N) is 6. The van der Waals surface area contributed by atoms with Crippen molar-refractivity contribution >= 4 is 47.3 Å². The molecule has 25 heteroatoms. The number of ether oxygens (including phenoxy) is 3. The smallest absolute Gasteiger partial charge is 0.255 e. The predicted octanol–water partition coefficient (Wildman–Crippen LogP) is 6.54. The molecule has 6 aromatic rings. The fourth-order valence-electron chi connectivity index (χ4n) is 18.2. The van der Waals surface area contributed by atoms with Crippen LogP contribution in [0.3, 0.4) is 0 Å². The Morgan fingerprint density at radius 2 is 0.954 bits per heavy atom. The fraction of sp³-hybridized carbons (Fsp3) is 0.476. The van der Waals surface area contributed by atoms with E-state index in [4.69, 9.17) is 14.2 Å². The number of hydrogen-bond acceptors (Lipinski definition) is 18. The van der Waals surface area contributed by atoms with Crippen LogP contribution in [-0.2, 0) is 69.7 Å². The molecule has 1 saturated carbocycles. The summed E-state index contributed by atoms with van der Waals surface area (Å²) >= 11 is 0. The molecule has 8 amide bonds. The third kappa shape index (κ3) is 16.4. The largest absolute Gasteiger partial charge is 0.487 e. The number of imide groups is 2. The van der Waals surface area contributed by atoms with Gasteiger partial charge in [0, 0.05) is 144 Å². The van der Waals surface area contributed by atoms with E-state index in [1.807, 2.05) is 54.6 Å². The molecule has 7 N–H and O–H groups in total. The van der Waals surface area contributed by atoms with Gasteiger partial charge in [-0.2, -0.15) is 0 Å². The molecule has 10 aliphatic rings. The number of fused-ring (bicyclic) bond motifs is 3. The molecule has 0 spiro atoms. The number of halogens is 1. The molecule has 9 heterocycles. The average Bonchev–Trinajstić information content (AvgIpc) is 1.65. The lowest BCUT2D eigenvalue weighted by Crippen LogP contribution is -2.56. The van der Waals surface area contributed by atoms with Gasteiger partial charge in [-0.05, 0) is 189 Å². The van der Waals surface area contributed by atoms with Crippen LogP contribution in [0, 0.1) is 11.7 Å². The molecule has 12 atom stereocenters. The minimum Gasteiger partial charge on any atom is -0.487 e. The molecule has 6 unspecified atom stereocenters. The van der Waals surface area contributed by atoms with Crippen molar-refractivity contribution in [2.24, 2.45) is 5.92 Å². The summed E-state index contributed by atoms with van der Waals surface area (Å²) in [6, 6.07) is 38.8. The summed E-state index contributed by atoms with van der Waals surface area (Å²) in [7, 11) is 0. The molecule has 109 heavy (non-hydrogen) atoms. The Hall–Kier alpha value is -9.47. The van der Waals surface area contributed by atoms with Gasteiger partial charge >= 0.3 is 0 Å². The molecule has 0 bridgehead atoms. The Bertz CT molecular complexity index is 4490. The maximum Gasteiger partial charge on any atom is 0.255 e. The van der Waals surface area contributed by atoms with Gasteiger partial charge in [0.15, 0.2) is 0 Å². The Labute approximate surface area is 634 Å². The minimum atomic E-state index is -0.916. The Balaban J connectivity index is 0.598. The van der Waals surface area contributed by atoms with Gasteiger partial charge in [-0.25, -0.2) is 4.39 Å². The van der Waals surface area contributed by atoms with E-state index in [1.165, 1.54) is 11.1 Å². The van der Waals surface area contributed by atoms with E-state index in [0.717, 1.165) is 92.6 Å². The summed E-state index contributed by atoms with van der Waals surface area (Å²) in [5, 5.41) is 29.0. The monoisotopic (exact) mass is 1480 g/mol. The maximum atomic E-state index is 16.8. The molecule has 0 radical (unpaired) electrons. The number of amides is 8. The second-order valence-electron chi connectivity index (χ2n) is 31.6. The number of nitrogens with zero attached hydrogens (tertiary/aromatic N) is 6. The Morgan fingerprint density at radius 3 is 1.46 bits per heavy atom. The van der Waals surface area contributed by atoms with Crippen molar-refractivity contribution in [3.05, 3.63) is 194 Å². The molecule has 572 valence electrons. The van der Waals surface area contributed by atoms with E-state index in [9.17, 15) is 43.5 Å². The van der Waals surface area contributed by atoms with Crippen LogP contribution in [0.4, 0.5) is 4.39 Å². The van der Waals surface area contributed by atoms with Crippen molar-refractivity contribution in [3.63, 3.8) is 0 Å². The van der Waals surface area contributed by atoms with E-state index >= 15 is 4.39 Å². The molecule has 1 aliphatic carbocycles. The summed E-state index contributed by atoms with van der Waals surface area (Å²) in [5.41, 5.74) is 9.06. The molecular formula is C84H97FN12O12. The van der Waals surface area contributed by atoms with Crippen molar-refractivity contribution in [3.8, 4) is 17.2 Å². The molecular weight excluding hydrogens is 1390 g/mol. The fourth-order valence-corrected chi connectivity index (χ4v) is 18.2. The molecule has 0 aromatic heterocycles. The summed E-state index contributed by atoms with van der Waals surface area (Å²) in [5.74, 6) is -0.841. The van der Waals surface area contributed by atoms with Crippen LogP contribution in [0.2, 0.25) is 0 Å². The predicted molar refractivity (Wildman–Crippen MR) is 401 cm³/mol. The first-order chi connectivity index (χ1) is 52.9. The number of aliphatic hydroxyl groups excluding tert-OH is 1. The van der Waals surface area contributed by atoms with Crippen molar-refractivity contribution < 1.29 is 62.1 Å². The first-order valence-corrected chi connectivity index (χ1v) is 39.2. The van der Waals surface area contributed by atoms with E-state index in [0.29, 0.717) is 91.5 Å². The van der Waals surface area contributed by atoms with Gasteiger partial charge in [0.1, 0.15) is 65.7 Å². The lowest BCUT2D eigenvalue weighted by molar-refractivity contribution is -0.138. The summed E-state index contributed by atoms with van der Waals surface area (Å²) < 4.78 is 37.8. The number of rotatable bonds is 25. The highest BCUT2D eigenvalue weighted by atomic mass is 19.1. The number of benzene rings is 6. The minimum absolute atomic E-state index is 0.0000190. The molecule has 6 saturated heterocycles. The second-order valence-corrected chi connectivity index (χ2v) is 31.6. The molecule has 7 fully saturated rings. The van der Waals surface area contributed by atoms with Gasteiger partial charge in [-0.1, -0.05) is 67.6 Å². The zero-order valence-electron chi connectivity index (χ0n) is 61.8. The number of likely N-dealkylation sites (tertiary alicyclic amines) is 3. The van der Waals surface area contributed by atoms with Crippen LogP contribution in [0.25, 0.3) is 0 Å². The van der Waals surface area contributed by atoms with E-state index in [-0.39, 0.29) is 135 Å². The standard InChI is InChI=1S/C84H97FN12O12/c1-3-86-66-28-31-93(46-72(66)107-58-15-18-61-55(37-58)43-95(82(61)104)69-22-25-75(98)89-79(69)101)42-53-12-21-65(85)64(36-53)78(54-13-14-54)88-68-30-33-94(48-74(68)109-60-17-20-63-57(39-60)45-97(84(63)106)71-24-27-77(100)91-81(71)103)41-52-11-7-10-51(35-52)34-49(2)87-67-29-32-92(40-50-8-5-4-6-9-50)47-73(67)108-59-16-19-62-56(38-59)44-96(83(62)105)70-23-26-76(99)90-80(70)102/h4-12,15-21,35-39,49,54,66-75,78,86-88,98H,3,13-14,22-34,40-48H2,1-2H3,(H,89,101)(H,90,99,102)(H,91,100,103)/t49?,66-,67-,68-,69?,70?,71?,72-,73-,74-,75?,78?/m0/s1. The van der Waals surface area contributed by atoms with E-state index in [2.05, 4.69) is 109 Å². The third-order valence-corrected chi connectivity index (χ3v) is 23.8. The van der Waals surface area contributed by atoms with Crippen LogP contribution in [-0.4, -0.2) is 194 Å². The first kappa shape index (κ1) is 73.7. The number of carbonyl (C=O) groups is 8. The first-order valence-electron chi connectivity index (χ1n) is 39.2. The molecule has 24 nitrogen and oxygen atoms in total. The highest BCUT2D eigenvalue weighted by molar-refractivity contribution is 6.07. The molecule has 6 aromatic carbocycles. The van der Waals surface area contributed by atoms with Gasteiger partial charge in [-0.3, -0.25) is 63.7 Å². The normalized spacial score (nSPS) is 26.7. The number of piperidine rings is 6. The van der Waals surface area contributed by atoms with E-state index < -0.39 is 42.3 Å². The van der Waals surface area contributed by atoms with Crippen molar-refractivity contribution in [2.75, 3.05) is 45.8 Å². The van der Waals surface area contributed by atoms with Crippen molar-refractivity contribution in [2.45, 2.75) is 203 Å². The maximum absolute atomic E-state index is 16.8. The SMILES string of the molecule is CCN[C@H]1CCN(Cc2ccc(F)c(C(N[C@H]3CCN(Cc4cccc(CC(C)N[C@H]5CCN(Cc6ccccc6)C[C@@H]5Oc5ccc6c(c5)CN(C5CCC(=O)NC5=O)C6=O)c4)C[C@@H]3Oc3ccc4c(c3)CN(C3CCC(=O)NC3=O)C4=O)C3CC3)c2)C[C@@H]1Oc1ccc2c(c1)CN(C1CCC(O)NC1=O)C2=O. The van der Waals surface area contributed by atoms with Gasteiger partial charge in [0.2, 0.25) is 29.5 Å². The topological polar surface area (TPSA) is 276 Å². The molecule has 9 aliphatic heterocycles. The zero-order chi connectivity index (χ0) is 75.1. The van der Waals surface area contributed by atoms with Crippen LogP contribution < -0.4 is 46.1 Å². The number of likely N-dealkylation sites (N-methyl/N-ethyl adjacent to an activating group) is 1. The highest BCUT2D eigenvalue weighted by Gasteiger charge is 2.45.